The molecule has 0 aliphatic heterocycles. The summed E-state index contributed by atoms with van der Waals surface area (Å²) in [5.41, 5.74) is 0.0414. The molecule has 1 heterocycles. The summed E-state index contributed by atoms with van der Waals surface area (Å²) in [5, 5.41) is 4.12. The molecule has 0 aromatic carbocycles. The maximum absolute atomic E-state index is 11.8. The second kappa shape index (κ2) is 4.76. The van der Waals surface area contributed by atoms with Gasteiger partial charge in [0.25, 0.3) is 0 Å². The summed E-state index contributed by atoms with van der Waals surface area (Å²) in [7, 11) is 0. The molecule has 16 heavy (non-hydrogen) atoms. The molecule has 1 aromatic rings. The van der Waals surface area contributed by atoms with E-state index in [4.69, 9.17) is 0 Å². The fraction of sp³-hybridized carbons (Fsp3) is 0.750. The number of aromatic nitrogens is 3. The Morgan fingerprint density at radius 1 is 1.44 bits per heavy atom. The molecular formula is C12H21N3O. The van der Waals surface area contributed by atoms with Crippen molar-refractivity contribution in [3.8, 4) is 0 Å². The lowest BCUT2D eigenvalue weighted by Gasteiger charge is -2.16. The number of carbonyl (C=O) groups is 1. The van der Waals surface area contributed by atoms with Crippen molar-refractivity contribution in [1.82, 2.24) is 14.8 Å². The van der Waals surface area contributed by atoms with Crippen molar-refractivity contribution in [3.05, 3.63) is 12.2 Å². The third-order valence-electron chi connectivity index (χ3n) is 2.22. The second-order valence-electron chi connectivity index (χ2n) is 5.67. The van der Waals surface area contributed by atoms with Crippen LogP contribution >= 0.6 is 0 Å². The Balaban J connectivity index is 2.67. The van der Waals surface area contributed by atoms with Gasteiger partial charge in [-0.3, -0.25) is 4.79 Å². The Kier molecular flexibility index (Phi) is 3.83. The summed E-state index contributed by atoms with van der Waals surface area (Å²) >= 11 is 0. The molecule has 0 saturated carbocycles. The minimum atomic E-state index is 0.0414. The zero-order valence-corrected chi connectivity index (χ0v) is 10.8. The molecule has 4 nitrogen and oxygen atoms in total. The van der Waals surface area contributed by atoms with Gasteiger partial charge in [-0.15, -0.1) is 0 Å². The first-order valence-corrected chi connectivity index (χ1v) is 5.69. The van der Waals surface area contributed by atoms with E-state index in [0.29, 0.717) is 12.8 Å². The van der Waals surface area contributed by atoms with E-state index in [1.54, 1.807) is 4.68 Å². The van der Waals surface area contributed by atoms with Crippen LogP contribution in [0.1, 0.15) is 52.9 Å². The summed E-state index contributed by atoms with van der Waals surface area (Å²) in [6.07, 6.45) is 2.48. The normalized spacial score (nSPS) is 12.1. The lowest BCUT2D eigenvalue weighted by molar-refractivity contribution is -0.120. The Hall–Kier alpha value is -1.19. The predicted molar refractivity (Wildman–Crippen MR) is 63.2 cm³/mol. The van der Waals surface area contributed by atoms with Gasteiger partial charge in [-0.05, 0) is 19.3 Å². The number of nitrogens with zero attached hydrogens (tertiary/aromatic N) is 3. The molecule has 0 bridgehead atoms. The standard InChI is InChI=1S/C12H21N3O/c1-9(2)15-11(13-8-14-15)6-10(16)7-12(3,4)5/h8-9H,6-7H2,1-5H3. The molecule has 0 N–H and O–H groups in total. The molecule has 0 unspecified atom stereocenters. The second-order valence-corrected chi connectivity index (χ2v) is 5.67. The first-order valence-electron chi connectivity index (χ1n) is 5.69. The van der Waals surface area contributed by atoms with Crippen molar-refractivity contribution in [2.45, 2.75) is 53.5 Å². The Morgan fingerprint density at radius 3 is 2.56 bits per heavy atom. The molecule has 90 valence electrons. The highest BCUT2D eigenvalue weighted by Gasteiger charge is 2.18. The number of hydrogen-bond donors (Lipinski definition) is 0. The third-order valence-corrected chi connectivity index (χ3v) is 2.22. The summed E-state index contributed by atoms with van der Waals surface area (Å²) in [6.45, 7) is 10.3. The zero-order valence-electron chi connectivity index (χ0n) is 10.8. The van der Waals surface area contributed by atoms with Gasteiger partial charge in [-0.25, -0.2) is 9.67 Å². The molecule has 4 heteroatoms. The van der Waals surface area contributed by atoms with E-state index in [2.05, 4.69) is 30.9 Å². The SMILES string of the molecule is CC(C)n1ncnc1CC(=O)CC(C)(C)C. The van der Waals surface area contributed by atoms with Crippen LogP contribution in [0, 0.1) is 5.41 Å². The number of ketones is 1. The van der Waals surface area contributed by atoms with Crippen molar-refractivity contribution in [3.63, 3.8) is 0 Å². The predicted octanol–water partition coefficient (Wildman–Crippen LogP) is 2.41. The van der Waals surface area contributed by atoms with E-state index in [9.17, 15) is 4.79 Å². The van der Waals surface area contributed by atoms with Crippen molar-refractivity contribution >= 4 is 5.78 Å². The van der Waals surface area contributed by atoms with Crippen molar-refractivity contribution < 1.29 is 4.79 Å². The molecule has 0 amide bonds. The molecule has 0 aliphatic rings. The Morgan fingerprint density at radius 2 is 2.06 bits per heavy atom. The van der Waals surface area contributed by atoms with Crippen LogP contribution in [0.15, 0.2) is 6.33 Å². The smallest absolute Gasteiger partial charge is 0.140 e. The van der Waals surface area contributed by atoms with Crippen molar-refractivity contribution in [2.24, 2.45) is 5.41 Å². The van der Waals surface area contributed by atoms with Crippen LogP contribution in [0.3, 0.4) is 0 Å². The van der Waals surface area contributed by atoms with Crippen LogP contribution in [-0.4, -0.2) is 20.5 Å². The van der Waals surface area contributed by atoms with Crippen molar-refractivity contribution in [2.75, 3.05) is 0 Å². The molecule has 1 rings (SSSR count). The van der Waals surface area contributed by atoms with Gasteiger partial charge < -0.3 is 0 Å². The van der Waals surface area contributed by atoms with Gasteiger partial charge in [-0.1, -0.05) is 20.8 Å². The van der Waals surface area contributed by atoms with Crippen LogP contribution in [0.5, 0.6) is 0 Å². The lowest BCUT2D eigenvalue weighted by Crippen LogP contribution is -2.18. The van der Waals surface area contributed by atoms with Crippen LogP contribution < -0.4 is 0 Å². The molecule has 0 spiro atoms. The van der Waals surface area contributed by atoms with E-state index >= 15 is 0 Å². The summed E-state index contributed by atoms with van der Waals surface area (Å²) < 4.78 is 1.81. The topological polar surface area (TPSA) is 47.8 Å². The van der Waals surface area contributed by atoms with E-state index in [1.807, 2.05) is 13.8 Å². The Labute approximate surface area is 97.1 Å². The van der Waals surface area contributed by atoms with E-state index in [0.717, 1.165) is 5.82 Å². The third kappa shape index (κ3) is 3.76. The van der Waals surface area contributed by atoms with Crippen LogP contribution in [0.4, 0.5) is 0 Å². The van der Waals surface area contributed by atoms with Crippen LogP contribution in [-0.2, 0) is 11.2 Å². The quantitative estimate of drug-likeness (QED) is 0.787. The molecule has 0 fully saturated rings. The van der Waals surface area contributed by atoms with Gasteiger partial charge in [0.05, 0.1) is 6.42 Å². The lowest BCUT2D eigenvalue weighted by atomic mass is 9.89. The van der Waals surface area contributed by atoms with Gasteiger partial charge in [0.1, 0.15) is 17.9 Å². The van der Waals surface area contributed by atoms with Gasteiger partial charge in [-0.2, -0.15) is 5.10 Å². The zero-order chi connectivity index (χ0) is 12.3. The fourth-order valence-corrected chi connectivity index (χ4v) is 1.66. The number of Topliss-reactive ketones (excluding diaryl/α,β-unsaturated/α-hetero) is 1. The van der Waals surface area contributed by atoms with E-state index in [1.165, 1.54) is 6.33 Å². The molecule has 1 aromatic heterocycles. The van der Waals surface area contributed by atoms with Gasteiger partial charge >= 0.3 is 0 Å². The van der Waals surface area contributed by atoms with Crippen molar-refractivity contribution in [1.29, 1.82) is 0 Å². The average Bonchev–Trinajstić information content (AvgIpc) is 2.47. The average molecular weight is 223 g/mol. The number of carbonyl (C=O) groups excluding carboxylic acids is 1. The van der Waals surface area contributed by atoms with E-state index < -0.39 is 0 Å². The Bertz CT molecular complexity index is 361. The maximum atomic E-state index is 11.8. The highest BCUT2D eigenvalue weighted by molar-refractivity contribution is 5.80. The molecule has 0 radical (unpaired) electrons. The molecule has 0 aliphatic carbocycles. The monoisotopic (exact) mass is 223 g/mol. The number of hydrogen-bond acceptors (Lipinski definition) is 3. The largest absolute Gasteiger partial charge is 0.299 e. The first-order chi connectivity index (χ1) is 7.29. The van der Waals surface area contributed by atoms with Gasteiger partial charge in [0.15, 0.2) is 0 Å². The molecule has 0 atom stereocenters. The molecule has 0 saturated heterocycles. The fourth-order valence-electron chi connectivity index (χ4n) is 1.66. The van der Waals surface area contributed by atoms with E-state index in [-0.39, 0.29) is 17.2 Å². The highest BCUT2D eigenvalue weighted by atomic mass is 16.1. The highest BCUT2D eigenvalue weighted by Crippen LogP contribution is 2.20. The summed E-state index contributed by atoms with van der Waals surface area (Å²) in [5.74, 6) is 0.992. The minimum Gasteiger partial charge on any atom is -0.299 e. The summed E-state index contributed by atoms with van der Waals surface area (Å²) in [6, 6.07) is 0.250. The van der Waals surface area contributed by atoms with Gasteiger partial charge in [0, 0.05) is 12.5 Å². The first kappa shape index (κ1) is 12.9. The minimum absolute atomic E-state index is 0.0414. The number of rotatable bonds is 4. The van der Waals surface area contributed by atoms with Crippen LogP contribution in [0.2, 0.25) is 0 Å². The maximum Gasteiger partial charge on any atom is 0.140 e. The molecular weight excluding hydrogens is 202 g/mol. The van der Waals surface area contributed by atoms with Crippen LogP contribution in [0.25, 0.3) is 0 Å². The summed E-state index contributed by atoms with van der Waals surface area (Å²) in [4.78, 5) is 16.0. The van der Waals surface area contributed by atoms with Gasteiger partial charge in [0.2, 0.25) is 0 Å².